The molecule has 0 fully saturated rings. The Bertz CT molecular complexity index is 485. The molecule has 1 aromatic rings. The van der Waals surface area contributed by atoms with Gasteiger partial charge in [0.15, 0.2) is 0 Å². The van der Waals surface area contributed by atoms with Crippen LogP contribution in [-0.4, -0.2) is 14.1 Å². The molecule has 1 aromatic carbocycles. The molecule has 0 amide bonds. The highest BCUT2D eigenvalue weighted by atomic mass is 15.1. The predicted octanol–water partition coefficient (Wildman–Crippen LogP) is 3.82. The van der Waals surface area contributed by atoms with Gasteiger partial charge < -0.3 is 4.90 Å². The molecule has 0 unspecified atom stereocenters. The van der Waals surface area contributed by atoms with Gasteiger partial charge in [0.05, 0.1) is 0 Å². The fourth-order valence-corrected chi connectivity index (χ4v) is 1.71. The van der Waals surface area contributed by atoms with Crippen LogP contribution in [0.25, 0.3) is 5.57 Å². The van der Waals surface area contributed by atoms with E-state index in [1.54, 1.807) is 0 Å². The van der Waals surface area contributed by atoms with Gasteiger partial charge in [-0.2, -0.15) is 0 Å². The van der Waals surface area contributed by atoms with Crippen molar-refractivity contribution >= 4 is 11.3 Å². The zero-order valence-corrected chi connectivity index (χ0v) is 10.3. The van der Waals surface area contributed by atoms with Crippen molar-refractivity contribution in [2.45, 2.75) is 0 Å². The van der Waals surface area contributed by atoms with Crippen molar-refractivity contribution in [1.29, 1.82) is 0 Å². The molecule has 0 atom stereocenters. The number of anilines is 1. The van der Waals surface area contributed by atoms with Crippen LogP contribution in [0.2, 0.25) is 0 Å². The van der Waals surface area contributed by atoms with Crippen LogP contribution in [0.1, 0.15) is 5.56 Å². The second-order valence-corrected chi connectivity index (χ2v) is 4.19. The molecule has 0 spiro atoms. The molecule has 86 valence electrons. The smallest absolute Gasteiger partial charge is 0.0361 e. The third-order valence-electron chi connectivity index (χ3n) is 2.71. The molecule has 0 saturated heterocycles. The normalized spacial score (nSPS) is 14.1. The third kappa shape index (κ3) is 2.97. The molecular weight excluding hydrogens is 206 g/mol. The van der Waals surface area contributed by atoms with Gasteiger partial charge in [-0.05, 0) is 23.3 Å². The van der Waals surface area contributed by atoms with E-state index in [1.165, 1.54) is 16.8 Å². The maximum atomic E-state index is 2.16. The van der Waals surface area contributed by atoms with Crippen molar-refractivity contribution in [3.05, 3.63) is 72.4 Å². The summed E-state index contributed by atoms with van der Waals surface area (Å²) in [5.41, 5.74) is 3.70. The summed E-state index contributed by atoms with van der Waals surface area (Å²) in [5.74, 6) is 0. The molecule has 0 aliphatic heterocycles. The van der Waals surface area contributed by atoms with Crippen LogP contribution in [0.4, 0.5) is 5.69 Å². The average Bonchev–Trinajstić information content (AvgIpc) is 2.29. The second-order valence-electron chi connectivity index (χ2n) is 4.19. The largest absolute Gasteiger partial charge is 0.378 e. The van der Waals surface area contributed by atoms with Crippen molar-refractivity contribution in [1.82, 2.24) is 0 Å². The van der Waals surface area contributed by atoms with Gasteiger partial charge in [-0.1, -0.05) is 54.7 Å². The number of hydrogen-bond donors (Lipinski definition) is 0. The fourth-order valence-electron chi connectivity index (χ4n) is 1.71. The van der Waals surface area contributed by atoms with E-state index in [1.807, 2.05) is 18.2 Å². The molecule has 0 aromatic heterocycles. The molecule has 0 saturated carbocycles. The van der Waals surface area contributed by atoms with Crippen LogP contribution in [0.5, 0.6) is 0 Å². The lowest BCUT2D eigenvalue weighted by atomic mass is 10.0. The lowest BCUT2D eigenvalue weighted by Crippen LogP contribution is -2.08. The van der Waals surface area contributed by atoms with Gasteiger partial charge in [-0.3, -0.25) is 0 Å². The summed E-state index contributed by atoms with van der Waals surface area (Å²) in [5, 5.41) is 0. The van der Waals surface area contributed by atoms with E-state index < -0.39 is 0 Å². The number of benzene rings is 1. The first kappa shape index (κ1) is 11.5. The Morgan fingerprint density at radius 1 is 0.765 bits per heavy atom. The first-order valence-corrected chi connectivity index (χ1v) is 5.77. The summed E-state index contributed by atoms with van der Waals surface area (Å²) in [6.45, 7) is 0. The molecule has 17 heavy (non-hydrogen) atoms. The molecular formula is C16H17N. The number of hydrogen-bond acceptors (Lipinski definition) is 1. The molecule has 2 rings (SSSR count). The number of nitrogens with zero attached hydrogens (tertiary/aromatic N) is 1. The van der Waals surface area contributed by atoms with Gasteiger partial charge in [0.2, 0.25) is 0 Å². The average molecular weight is 223 g/mol. The number of rotatable bonds is 2. The van der Waals surface area contributed by atoms with Crippen molar-refractivity contribution in [3.63, 3.8) is 0 Å². The topological polar surface area (TPSA) is 3.24 Å². The van der Waals surface area contributed by atoms with Gasteiger partial charge in [-0.15, -0.1) is 0 Å². The predicted molar refractivity (Wildman–Crippen MR) is 76.2 cm³/mol. The maximum absolute atomic E-state index is 2.16. The van der Waals surface area contributed by atoms with E-state index in [0.29, 0.717) is 0 Å². The molecule has 0 N–H and O–H groups in total. The van der Waals surface area contributed by atoms with Crippen molar-refractivity contribution in [3.8, 4) is 0 Å². The van der Waals surface area contributed by atoms with E-state index in [2.05, 4.69) is 67.6 Å². The van der Waals surface area contributed by atoms with Gasteiger partial charge in [0, 0.05) is 19.8 Å². The summed E-state index contributed by atoms with van der Waals surface area (Å²) in [4.78, 5) is 2.11. The highest BCUT2D eigenvalue weighted by Crippen LogP contribution is 2.20. The van der Waals surface area contributed by atoms with Crippen LogP contribution in [0.15, 0.2) is 66.8 Å². The molecule has 1 nitrogen and oxygen atoms in total. The molecule has 0 bridgehead atoms. The second kappa shape index (κ2) is 5.35. The van der Waals surface area contributed by atoms with E-state index in [4.69, 9.17) is 0 Å². The zero-order valence-electron chi connectivity index (χ0n) is 10.3. The highest BCUT2D eigenvalue weighted by molar-refractivity contribution is 5.76. The van der Waals surface area contributed by atoms with E-state index >= 15 is 0 Å². The summed E-state index contributed by atoms with van der Waals surface area (Å²) in [6, 6.07) is 8.60. The molecule has 0 heterocycles. The Hall–Kier alpha value is -2.02. The standard InChI is InChI=1S/C16H17N/c1-17(2)16-12-10-15(11-13-16)14-8-6-4-3-5-7-9-14/h3-13H,1-2H3. The maximum Gasteiger partial charge on any atom is 0.0361 e. The minimum absolute atomic E-state index is 1.22. The van der Waals surface area contributed by atoms with Crippen molar-refractivity contribution < 1.29 is 0 Å². The molecule has 1 aliphatic rings. The highest BCUT2D eigenvalue weighted by Gasteiger charge is 1.99. The van der Waals surface area contributed by atoms with Crippen LogP contribution >= 0.6 is 0 Å². The molecule has 1 heteroatoms. The zero-order chi connectivity index (χ0) is 12.1. The van der Waals surface area contributed by atoms with Crippen LogP contribution in [0.3, 0.4) is 0 Å². The Labute approximate surface area is 103 Å². The first-order chi connectivity index (χ1) is 8.27. The van der Waals surface area contributed by atoms with Gasteiger partial charge in [0.25, 0.3) is 0 Å². The quantitative estimate of drug-likeness (QED) is 0.736. The summed E-state index contributed by atoms with van der Waals surface area (Å²) in [6.07, 6.45) is 14.5. The Morgan fingerprint density at radius 3 is 2.12 bits per heavy atom. The Morgan fingerprint density at radius 2 is 1.41 bits per heavy atom. The third-order valence-corrected chi connectivity index (χ3v) is 2.71. The van der Waals surface area contributed by atoms with Crippen LogP contribution in [-0.2, 0) is 0 Å². The van der Waals surface area contributed by atoms with Gasteiger partial charge in [-0.25, -0.2) is 0 Å². The van der Waals surface area contributed by atoms with E-state index in [9.17, 15) is 0 Å². The van der Waals surface area contributed by atoms with E-state index in [0.717, 1.165) is 0 Å². The first-order valence-electron chi connectivity index (χ1n) is 5.77. The fraction of sp³-hybridized carbons (Fsp3) is 0.125. The van der Waals surface area contributed by atoms with Crippen LogP contribution < -0.4 is 4.90 Å². The SMILES string of the molecule is CN(C)c1ccc(C2=CC=CC=CC=C2)cc1. The molecule has 1 aliphatic carbocycles. The van der Waals surface area contributed by atoms with Crippen molar-refractivity contribution in [2.24, 2.45) is 0 Å². The minimum atomic E-state index is 1.22. The van der Waals surface area contributed by atoms with Crippen LogP contribution in [0, 0.1) is 0 Å². The van der Waals surface area contributed by atoms with Crippen molar-refractivity contribution in [2.75, 3.05) is 19.0 Å². The Balaban J connectivity index is 2.28. The summed E-state index contributed by atoms with van der Waals surface area (Å²) < 4.78 is 0. The van der Waals surface area contributed by atoms with Gasteiger partial charge in [0.1, 0.15) is 0 Å². The number of allylic oxidation sites excluding steroid dienone is 8. The van der Waals surface area contributed by atoms with Gasteiger partial charge >= 0.3 is 0 Å². The van der Waals surface area contributed by atoms with E-state index in [-0.39, 0.29) is 0 Å². The minimum Gasteiger partial charge on any atom is -0.378 e. The summed E-state index contributed by atoms with van der Waals surface area (Å²) in [7, 11) is 4.11. The summed E-state index contributed by atoms with van der Waals surface area (Å²) >= 11 is 0. The lowest BCUT2D eigenvalue weighted by molar-refractivity contribution is 1.13. The lowest BCUT2D eigenvalue weighted by Gasteiger charge is -2.13. The monoisotopic (exact) mass is 223 g/mol. The Kier molecular flexibility index (Phi) is 3.61. The molecule has 0 radical (unpaired) electrons.